The molecular weight excluding hydrogens is 446 g/mol. The lowest BCUT2D eigenvalue weighted by molar-refractivity contribution is 0.660. The fraction of sp³-hybridized carbons (Fsp3) is 0.167. The predicted molar refractivity (Wildman–Crippen MR) is 156 cm³/mol. The van der Waals surface area contributed by atoms with Crippen molar-refractivity contribution < 1.29 is 0 Å². The fourth-order valence-corrected chi connectivity index (χ4v) is 7.36. The first-order valence-electron chi connectivity index (χ1n) is 13.3. The number of benzene rings is 5. The lowest BCUT2D eigenvalue weighted by atomic mass is 9.82. The molecule has 8 rings (SSSR count). The summed E-state index contributed by atoms with van der Waals surface area (Å²) in [6, 6.07) is 38.6. The number of rotatable bonds is 1. The Kier molecular flexibility index (Phi) is 3.87. The zero-order valence-electron chi connectivity index (χ0n) is 21.8. The van der Waals surface area contributed by atoms with Crippen LogP contribution < -0.4 is 0 Å². The summed E-state index contributed by atoms with van der Waals surface area (Å²) in [6.07, 6.45) is 0. The molecule has 0 N–H and O–H groups in total. The summed E-state index contributed by atoms with van der Waals surface area (Å²) in [5.41, 5.74) is 14.9. The minimum atomic E-state index is -0.0255. The van der Waals surface area contributed by atoms with Crippen molar-refractivity contribution in [3.8, 4) is 27.9 Å². The summed E-state index contributed by atoms with van der Waals surface area (Å²) >= 11 is 0. The number of hydrogen-bond donors (Lipinski definition) is 0. The van der Waals surface area contributed by atoms with E-state index in [0.29, 0.717) is 0 Å². The van der Waals surface area contributed by atoms with Crippen LogP contribution in [0.15, 0.2) is 103 Å². The normalized spacial score (nSPS) is 16.0. The van der Waals surface area contributed by atoms with Gasteiger partial charge in [-0.15, -0.1) is 0 Å². The van der Waals surface area contributed by atoms with Gasteiger partial charge < -0.3 is 4.57 Å². The average Bonchev–Trinajstić information content (AvgIpc) is 3.46. The van der Waals surface area contributed by atoms with Gasteiger partial charge in [0, 0.05) is 32.9 Å². The third-order valence-corrected chi connectivity index (χ3v) is 9.21. The van der Waals surface area contributed by atoms with Crippen molar-refractivity contribution in [1.82, 2.24) is 4.57 Å². The van der Waals surface area contributed by atoms with Gasteiger partial charge in [-0.3, -0.25) is 0 Å². The molecule has 0 bridgehead atoms. The molecule has 37 heavy (non-hydrogen) atoms. The molecule has 0 saturated carbocycles. The van der Waals surface area contributed by atoms with Gasteiger partial charge in [-0.1, -0.05) is 113 Å². The first-order chi connectivity index (χ1) is 17.9. The van der Waals surface area contributed by atoms with E-state index in [2.05, 4.69) is 135 Å². The van der Waals surface area contributed by atoms with E-state index in [9.17, 15) is 0 Å². The standard InChI is InChI=1S/C36H29N/c1-35(2)28-14-8-5-11-23(28)27-21-22(17-19-30(27)35)37-32-16-10-7-12-24(32)25-18-20-31-33(34(25)37)26-13-6-9-15-29(26)36(31,3)4/h5-21H,1-4H3. The van der Waals surface area contributed by atoms with Crippen LogP contribution in [0.3, 0.4) is 0 Å². The van der Waals surface area contributed by atoms with Gasteiger partial charge >= 0.3 is 0 Å². The van der Waals surface area contributed by atoms with Gasteiger partial charge in [-0.05, 0) is 57.1 Å². The van der Waals surface area contributed by atoms with Crippen molar-refractivity contribution >= 4 is 21.8 Å². The molecule has 1 nitrogen and oxygen atoms in total. The van der Waals surface area contributed by atoms with E-state index < -0.39 is 0 Å². The Balaban J connectivity index is 1.52. The molecule has 0 amide bonds. The van der Waals surface area contributed by atoms with E-state index in [1.54, 1.807) is 0 Å². The first-order valence-corrected chi connectivity index (χ1v) is 13.3. The second-order valence-corrected chi connectivity index (χ2v) is 11.8. The highest BCUT2D eigenvalue weighted by molar-refractivity contribution is 6.15. The Morgan fingerprint density at radius 2 is 1.08 bits per heavy atom. The third-order valence-electron chi connectivity index (χ3n) is 9.21. The molecule has 6 aromatic rings. The monoisotopic (exact) mass is 475 g/mol. The Morgan fingerprint density at radius 3 is 1.89 bits per heavy atom. The van der Waals surface area contributed by atoms with Gasteiger partial charge in [0.2, 0.25) is 0 Å². The maximum Gasteiger partial charge on any atom is 0.0622 e. The summed E-state index contributed by atoms with van der Waals surface area (Å²) in [6.45, 7) is 9.43. The van der Waals surface area contributed by atoms with Crippen LogP contribution in [0.25, 0.3) is 49.7 Å². The smallest absolute Gasteiger partial charge is 0.0622 e. The van der Waals surface area contributed by atoms with Gasteiger partial charge in [0.25, 0.3) is 0 Å². The van der Waals surface area contributed by atoms with Crippen molar-refractivity contribution in [3.63, 3.8) is 0 Å². The van der Waals surface area contributed by atoms with Gasteiger partial charge in [0.05, 0.1) is 11.0 Å². The second kappa shape index (κ2) is 6.81. The Labute approximate surface area is 218 Å². The van der Waals surface area contributed by atoms with Crippen molar-refractivity contribution in [3.05, 3.63) is 125 Å². The molecule has 1 aromatic heterocycles. The zero-order chi connectivity index (χ0) is 25.1. The molecule has 0 atom stereocenters. The number of para-hydroxylation sites is 1. The van der Waals surface area contributed by atoms with E-state index in [4.69, 9.17) is 0 Å². The highest BCUT2D eigenvalue weighted by Gasteiger charge is 2.38. The van der Waals surface area contributed by atoms with Crippen molar-refractivity contribution in [2.45, 2.75) is 38.5 Å². The van der Waals surface area contributed by atoms with Crippen LogP contribution in [-0.4, -0.2) is 4.57 Å². The van der Waals surface area contributed by atoms with Crippen molar-refractivity contribution in [2.75, 3.05) is 0 Å². The molecule has 0 spiro atoms. The number of nitrogens with zero attached hydrogens (tertiary/aromatic N) is 1. The molecule has 0 fully saturated rings. The molecule has 1 heteroatoms. The Hall–Kier alpha value is -4.10. The quantitative estimate of drug-likeness (QED) is 0.223. The van der Waals surface area contributed by atoms with E-state index in [0.717, 1.165) is 0 Å². The second-order valence-electron chi connectivity index (χ2n) is 11.8. The van der Waals surface area contributed by atoms with Crippen molar-refractivity contribution in [1.29, 1.82) is 0 Å². The van der Waals surface area contributed by atoms with Gasteiger partial charge in [-0.2, -0.15) is 0 Å². The van der Waals surface area contributed by atoms with Crippen LogP contribution in [0.5, 0.6) is 0 Å². The van der Waals surface area contributed by atoms with Crippen LogP contribution in [0.1, 0.15) is 49.9 Å². The minimum Gasteiger partial charge on any atom is -0.309 e. The fourth-order valence-electron chi connectivity index (χ4n) is 7.36. The van der Waals surface area contributed by atoms with Crippen LogP contribution in [-0.2, 0) is 10.8 Å². The van der Waals surface area contributed by atoms with E-state index >= 15 is 0 Å². The maximum atomic E-state index is 2.52. The molecule has 2 aliphatic rings. The third kappa shape index (κ3) is 2.50. The Bertz CT molecular complexity index is 1930. The van der Waals surface area contributed by atoms with Crippen LogP contribution in [0.2, 0.25) is 0 Å². The molecule has 5 aromatic carbocycles. The van der Waals surface area contributed by atoms with Gasteiger partial charge in [0.15, 0.2) is 0 Å². The number of fused-ring (bicyclic) bond motifs is 10. The van der Waals surface area contributed by atoms with Crippen LogP contribution in [0, 0.1) is 0 Å². The highest BCUT2D eigenvalue weighted by Crippen LogP contribution is 2.54. The van der Waals surface area contributed by atoms with E-state index in [1.165, 1.54) is 72.0 Å². The summed E-state index contributed by atoms with van der Waals surface area (Å²) in [5.74, 6) is 0. The van der Waals surface area contributed by atoms with Crippen molar-refractivity contribution in [2.24, 2.45) is 0 Å². The molecule has 2 aliphatic carbocycles. The SMILES string of the molecule is CC1(C)c2ccccc2-c2cc(-n3c4ccccc4c4ccc5c(c43)-c3ccccc3C5(C)C)ccc21. The summed E-state index contributed by atoms with van der Waals surface area (Å²) in [5, 5.41) is 2.63. The van der Waals surface area contributed by atoms with Gasteiger partial charge in [0.1, 0.15) is 0 Å². The molecule has 1 heterocycles. The largest absolute Gasteiger partial charge is 0.309 e. The minimum absolute atomic E-state index is 0.00942. The van der Waals surface area contributed by atoms with Gasteiger partial charge in [-0.25, -0.2) is 0 Å². The van der Waals surface area contributed by atoms with Crippen LogP contribution >= 0.6 is 0 Å². The summed E-state index contributed by atoms with van der Waals surface area (Å²) in [7, 11) is 0. The molecule has 0 unspecified atom stereocenters. The predicted octanol–water partition coefficient (Wildman–Crippen LogP) is 9.40. The van der Waals surface area contributed by atoms with E-state index in [1.807, 2.05) is 0 Å². The molecular formula is C36H29N. The average molecular weight is 476 g/mol. The number of aromatic nitrogens is 1. The molecule has 0 aliphatic heterocycles. The van der Waals surface area contributed by atoms with Crippen LogP contribution in [0.4, 0.5) is 0 Å². The maximum absolute atomic E-state index is 2.52. The number of hydrogen-bond acceptors (Lipinski definition) is 0. The summed E-state index contributed by atoms with van der Waals surface area (Å²) < 4.78 is 2.52. The molecule has 178 valence electrons. The lowest BCUT2D eigenvalue weighted by Crippen LogP contribution is -2.15. The topological polar surface area (TPSA) is 4.93 Å². The van der Waals surface area contributed by atoms with E-state index in [-0.39, 0.29) is 10.8 Å². The zero-order valence-corrected chi connectivity index (χ0v) is 21.8. The first kappa shape index (κ1) is 21.0. The summed E-state index contributed by atoms with van der Waals surface area (Å²) in [4.78, 5) is 0. The molecule has 0 saturated heterocycles. The molecule has 0 radical (unpaired) electrons. The lowest BCUT2D eigenvalue weighted by Gasteiger charge is -2.22. The Morgan fingerprint density at radius 1 is 0.486 bits per heavy atom. The highest BCUT2D eigenvalue weighted by atomic mass is 15.0.